The number of hydrogen-bond donors (Lipinski definition) is 1. The highest BCUT2D eigenvalue weighted by Gasteiger charge is 2.59. The van der Waals surface area contributed by atoms with Gasteiger partial charge in [-0.15, -0.1) is 0 Å². The molecule has 3 fully saturated rings. The molecular weight excluding hydrogens is 506 g/mol. The zero-order valence-corrected chi connectivity index (χ0v) is 28.2. The second-order valence-corrected chi connectivity index (χ2v) is 16.1. The summed E-state index contributed by atoms with van der Waals surface area (Å²) in [5.41, 5.74) is 2.35. The lowest BCUT2D eigenvalue weighted by Gasteiger charge is -2.58. The van der Waals surface area contributed by atoms with E-state index in [1.54, 1.807) is 5.57 Å². The van der Waals surface area contributed by atoms with Crippen LogP contribution in [-0.2, 0) is 9.47 Å². The normalized spacial score (nSPS) is 35.7. The molecule has 0 aromatic heterocycles. The average molecular weight is 572 g/mol. The Morgan fingerprint density at radius 1 is 1.02 bits per heavy atom. The molecule has 1 N–H and O–H groups in total. The molecule has 4 aliphatic carbocycles. The van der Waals surface area contributed by atoms with Crippen LogP contribution in [-0.4, -0.2) is 30.9 Å². The van der Waals surface area contributed by atoms with Crippen molar-refractivity contribution in [3.63, 3.8) is 0 Å². The van der Waals surface area contributed by atoms with Crippen molar-refractivity contribution in [3.8, 4) is 0 Å². The van der Waals surface area contributed by atoms with E-state index in [-0.39, 0.29) is 17.8 Å². The van der Waals surface area contributed by atoms with Gasteiger partial charge in [0, 0.05) is 19.6 Å². The van der Waals surface area contributed by atoms with Gasteiger partial charge in [0.1, 0.15) is 6.10 Å². The van der Waals surface area contributed by atoms with Gasteiger partial charge in [-0.05, 0) is 131 Å². The first-order chi connectivity index (χ1) is 19.4. The fraction of sp³-hybridized carbons (Fsp3) is 0.919. The molecule has 0 aromatic carbocycles. The van der Waals surface area contributed by atoms with Crippen LogP contribution in [0.15, 0.2) is 11.6 Å². The number of carbonyl (C=O) groups is 1. The molecule has 41 heavy (non-hydrogen) atoms. The highest BCUT2D eigenvalue weighted by atomic mass is 16.6. The predicted octanol–water partition coefficient (Wildman–Crippen LogP) is 10.1. The summed E-state index contributed by atoms with van der Waals surface area (Å²) in [4.78, 5) is 12.6. The van der Waals surface area contributed by atoms with E-state index >= 15 is 0 Å². The summed E-state index contributed by atoms with van der Waals surface area (Å²) >= 11 is 0. The number of alkyl carbamates (subject to hydrolysis) is 1. The van der Waals surface area contributed by atoms with E-state index in [1.165, 1.54) is 57.8 Å². The first-order valence-corrected chi connectivity index (χ1v) is 17.7. The van der Waals surface area contributed by atoms with Crippen molar-refractivity contribution in [2.24, 2.45) is 46.3 Å². The van der Waals surface area contributed by atoms with Crippen LogP contribution in [0.25, 0.3) is 0 Å². The monoisotopic (exact) mass is 571 g/mol. The van der Waals surface area contributed by atoms with Crippen molar-refractivity contribution in [2.45, 2.75) is 157 Å². The molecule has 0 heterocycles. The summed E-state index contributed by atoms with van der Waals surface area (Å²) < 4.78 is 11.7. The van der Waals surface area contributed by atoms with Crippen LogP contribution < -0.4 is 5.32 Å². The summed E-state index contributed by atoms with van der Waals surface area (Å²) in [5, 5.41) is 3.01. The Kier molecular flexibility index (Phi) is 11.0. The fourth-order valence-corrected chi connectivity index (χ4v) is 10.3. The van der Waals surface area contributed by atoms with Gasteiger partial charge in [0.15, 0.2) is 0 Å². The Hall–Kier alpha value is -1.03. The molecule has 4 aliphatic rings. The summed E-state index contributed by atoms with van der Waals surface area (Å²) in [6, 6.07) is 0. The number of amides is 1. The number of allylic oxidation sites excluding steroid dienone is 1. The molecular formula is C37H65NO3. The SMILES string of the molecule is CCOC(C)(C)CCCCNC(=O)OC1CCC2(C)C(=CCC3C2CCC2(C)C(C(C)CCCC(C)C)CCC32)C1. The lowest BCUT2D eigenvalue weighted by Crippen LogP contribution is -2.51. The first-order valence-electron chi connectivity index (χ1n) is 17.7. The number of ether oxygens (including phenoxy) is 2. The van der Waals surface area contributed by atoms with Crippen LogP contribution in [0.2, 0.25) is 0 Å². The lowest BCUT2D eigenvalue weighted by molar-refractivity contribution is -0.0581. The molecule has 4 heteroatoms. The van der Waals surface area contributed by atoms with Gasteiger partial charge in [-0.3, -0.25) is 0 Å². The van der Waals surface area contributed by atoms with Crippen LogP contribution in [0.3, 0.4) is 0 Å². The van der Waals surface area contributed by atoms with Gasteiger partial charge >= 0.3 is 6.09 Å². The van der Waals surface area contributed by atoms with Gasteiger partial charge in [-0.2, -0.15) is 0 Å². The van der Waals surface area contributed by atoms with Crippen molar-refractivity contribution in [1.29, 1.82) is 0 Å². The second kappa shape index (κ2) is 13.7. The Morgan fingerprint density at radius 2 is 1.80 bits per heavy atom. The van der Waals surface area contributed by atoms with Crippen molar-refractivity contribution in [3.05, 3.63) is 11.6 Å². The van der Waals surface area contributed by atoms with E-state index in [4.69, 9.17) is 9.47 Å². The summed E-state index contributed by atoms with van der Waals surface area (Å²) in [6.45, 7) is 20.3. The zero-order chi connectivity index (χ0) is 29.8. The van der Waals surface area contributed by atoms with E-state index in [1.807, 2.05) is 6.92 Å². The lowest BCUT2D eigenvalue weighted by atomic mass is 9.47. The van der Waals surface area contributed by atoms with Gasteiger partial charge in [-0.25, -0.2) is 4.79 Å². The van der Waals surface area contributed by atoms with Crippen LogP contribution in [0.4, 0.5) is 4.79 Å². The molecule has 0 radical (unpaired) electrons. The highest BCUT2D eigenvalue weighted by molar-refractivity contribution is 5.67. The van der Waals surface area contributed by atoms with E-state index in [0.29, 0.717) is 17.4 Å². The molecule has 0 aliphatic heterocycles. The third-order valence-corrected chi connectivity index (χ3v) is 12.5. The molecule has 1 amide bonds. The van der Waals surface area contributed by atoms with Crippen LogP contribution in [0, 0.1) is 46.3 Å². The largest absolute Gasteiger partial charge is 0.446 e. The van der Waals surface area contributed by atoms with Crippen LogP contribution in [0.5, 0.6) is 0 Å². The molecule has 8 atom stereocenters. The number of rotatable bonds is 13. The first kappa shape index (κ1) is 32.9. The Bertz CT molecular complexity index is 895. The maximum atomic E-state index is 12.6. The minimum absolute atomic E-state index is 0.0270. The van der Waals surface area contributed by atoms with Gasteiger partial charge in [0.2, 0.25) is 0 Å². The molecule has 3 saturated carbocycles. The fourth-order valence-electron chi connectivity index (χ4n) is 10.3. The van der Waals surface area contributed by atoms with Crippen LogP contribution >= 0.6 is 0 Å². The summed E-state index contributed by atoms with van der Waals surface area (Å²) in [5.74, 6) is 5.17. The quantitative estimate of drug-likeness (QED) is 0.177. The Labute approximate surface area is 253 Å². The smallest absolute Gasteiger partial charge is 0.407 e. The van der Waals surface area contributed by atoms with E-state index in [9.17, 15) is 4.79 Å². The maximum Gasteiger partial charge on any atom is 0.407 e. The molecule has 236 valence electrons. The van der Waals surface area contributed by atoms with Crippen LogP contribution in [0.1, 0.15) is 145 Å². The minimum Gasteiger partial charge on any atom is -0.446 e. The van der Waals surface area contributed by atoms with E-state index in [2.05, 4.69) is 59.9 Å². The van der Waals surface area contributed by atoms with Gasteiger partial charge in [0.05, 0.1) is 5.60 Å². The standard InChI is InChI=1S/C37H65NO3/c1-9-40-35(5,6)21-10-11-24-38-34(39)41-29-19-22-36(7)28(25-29)15-16-30-32-18-17-31(27(4)14-12-13-26(2)3)37(32,8)23-20-33(30)36/h15,26-27,29-33H,9-14,16-25H2,1-8H3,(H,38,39). The van der Waals surface area contributed by atoms with Gasteiger partial charge < -0.3 is 14.8 Å². The van der Waals surface area contributed by atoms with Crippen molar-refractivity contribution < 1.29 is 14.3 Å². The van der Waals surface area contributed by atoms with Crippen molar-refractivity contribution >= 4 is 6.09 Å². The molecule has 8 unspecified atom stereocenters. The Morgan fingerprint density at radius 3 is 2.54 bits per heavy atom. The molecule has 0 bridgehead atoms. The van der Waals surface area contributed by atoms with Crippen molar-refractivity contribution in [2.75, 3.05) is 13.2 Å². The second-order valence-electron chi connectivity index (χ2n) is 16.1. The third-order valence-electron chi connectivity index (χ3n) is 12.5. The number of carbonyl (C=O) groups excluding carboxylic acids is 1. The molecule has 0 saturated heterocycles. The number of unbranched alkanes of at least 4 members (excludes halogenated alkanes) is 1. The predicted molar refractivity (Wildman–Crippen MR) is 171 cm³/mol. The molecule has 4 nitrogen and oxygen atoms in total. The zero-order valence-electron chi connectivity index (χ0n) is 28.2. The number of hydrogen-bond acceptors (Lipinski definition) is 3. The van der Waals surface area contributed by atoms with Gasteiger partial charge in [0.25, 0.3) is 0 Å². The minimum atomic E-state index is -0.232. The topological polar surface area (TPSA) is 47.6 Å². The van der Waals surface area contributed by atoms with E-state index in [0.717, 1.165) is 74.2 Å². The molecule has 0 aromatic rings. The third kappa shape index (κ3) is 7.55. The summed E-state index contributed by atoms with van der Waals surface area (Å²) in [7, 11) is 0. The Balaban J connectivity index is 1.27. The highest BCUT2D eigenvalue weighted by Crippen LogP contribution is 2.67. The summed E-state index contributed by atoms with van der Waals surface area (Å²) in [6.07, 6.45) is 19.7. The molecule has 0 spiro atoms. The number of nitrogens with one attached hydrogen (secondary N) is 1. The van der Waals surface area contributed by atoms with Crippen molar-refractivity contribution in [1.82, 2.24) is 5.32 Å². The molecule has 4 rings (SSSR count). The average Bonchev–Trinajstić information content (AvgIpc) is 3.25. The van der Waals surface area contributed by atoms with Gasteiger partial charge in [-0.1, -0.05) is 65.5 Å². The van der Waals surface area contributed by atoms with E-state index < -0.39 is 0 Å². The number of fused-ring (bicyclic) bond motifs is 5. The maximum absolute atomic E-state index is 12.6.